The summed E-state index contributed by atoms with van der Waals surface area (Å²) >= 11 is 0. The summed E-state index contributed by atoms with van der Waals surface area (Å²) in [6.45, 7) is 6.99. The highest BCUT2D eigenvalue weighted by Crippen LogP contribution is 2.05. The van der Waals surface area contributed by atoms with E-state index in [4.69, 9.17) is 11.7 Å². The molecule has 3 nitrogen and oxygen atoms in total. The topological polar surface area (TPSA) is 30.3 Å². The van der Waals surface area contributed by atoms with Crippen molar-refractivity contribution in [2.45, 2.75) is 19.4 Å². The zero-order chi connectivity index (χ0) is 10.4. The lowest BCUT2D eigenvalue weighted by Gasteiger charge is -2.35. The molecule has 0 saturated carbocycles. The van der Waals surface area contributed by atoms with E-state index in [1.807, 2.05) is 6.92 Å². The van der Waals surface area contributed by atoms with Gasteiger partial charge in [-0.15, -0.1) is 12.3 Å². The van der Waals surface area contributed by atoms with Gasteiger partial charge in [-0.05, 0) is 6.92 Å². The largest absolute Gasteiger partial charge is 0.300 e. The van der Waals surface area contributed by atoms with Crippen LogP contribution in [0.1, 0.15) is 13.3 Å². The molecular weight excluding hydrogens is 174 g/mol. The van der Waals surface area contributed by atoms with Crippen LogP contribution in [0.5, 0.6) is 0 Å². The summed E-state index contributed by atoms with van der Waals surface area (Å²) in [6.07, 6.45) is 6.04. The van der Waals surface area contributed by atoms with Crippen LogP contribution in [0, 0.1) is 23.7 Å². The number of nitriles is 1. The van der Waals surface area contributed by atoms with Gasteiger partial charge in [0.2, 0.25) is 0 Å². The molecule has 0 spiro atoms. The van der Waals surface area contributed by atoms with E-state index in [2.05, 4.69) is 21.8 Å². The molecule has 1 aliphatic rings. The summed E-state index contributed by atoms with van der Waals surface area (Å²) in [6, 6.07) is 2.31. The molecule has 0 aromatic carbocycles. The minimum Gasteiger partial charge on any atom is -0.300 e. The normalized spacial score (nSPS) is 21.1. The molecule has 0 aromatic heterocycles. The van der Waals surface area contributed by atoms with Gasteiger partial charge in [-0.1, -0.05) is 0 Å². The van der Waals surface area contributed by atoms with Crippen molar-refractivity contribution in [1.82, 2.24) is 9.80 Å². The molecule has 1 saturated heterocycles. The Labute approximate surface area is 86.3 Å². The van der Waals surface area contributed by atoms with Gasteiger partial charge in [0.05, 0.1) is 12.1 Å². The first-order valence-corrected chi connectivity index (χ1v) is 5.07. The van der Waals surface area contributed by atoms with Gasteiger partial charge in [-0.2, -0.15) is 5.26 Å². The van der Waals surface area contributed by atoms with Crippen molar-refractivity contribution in [2.75, 3.05) is 32.7 Å². The minimum atomic E-state index is 0.0461. The fourth-order valence-electron chi connectivity index (χ4n) is 1.68. The molecule has 0 aliphatic carbocycles. The molecule has 0 bridgehead atoms. The van der Waals surface area contributed by atoms with Gasteiger partial charge < -0.3 is 0 Å². The Morgan fingerprint density at radius 3 is 2.50 bits per heavy atom. The summed E-state index contributed by atoms with van der Waals surface area (Å²) in [5.74, 6) is 2.65. The second-order valence-electron chi connectivity index (χ2n) is 3.64. The first-order chi connectivity index (χ1) is 6.77. The van der Waals surface area contributed by atoms with Crippen molar-refractivity contribution < 1.29 is 0 Å². The molecule has 76 valence electrons. The molecule has 14 heavy (non-hydrogen) atoms. The maximum Gasteiger partial charge on any atom is 0.0950 e. The minimum absolute atomic E-state index is 0.0461. The van der Waals surface area contributed by atoms with E-state index in [1.54, 1.807) is 0 Å². The molecule has 0 amide bonds. The standard InChI is InChI=1S/C11H17N3/c1-3-4-5-13-6-8-14(9-7-13)11(2)10-12/h1,11H,4-9H2,2H3. The van der Waals surface area contributed by atoms with Crippen molar-refractivity contribution in [3.63, 3.8) is 0 Å². The fourth-order valence-corrected chi connectivity index (χ4v) is 1.68. The first kappa shape index (κ1) is 11.0. The second kappa shape index (κ2) is 5.65. The highest BCUT2D eigenvalue weighted by atomic mass is 15.3. The average Bonchev–Trinajstić information content (AvgIpc) is 2.26. The molecule has 1 unspecified atom stereocenters. The van der Waals surface area contributed by atoms with Crippen LogP contribution in [0.2, 0.25) is 0 Å². The van der Waals surface area contributed by atoms with E-state index >= 15 is 0 Å². The van der Waals surface area contributed by atoms with Gasteiger partial charge in [0.1, 0.15) is 0 Å². The third-order valence-electron chi connectivity index (χ3n) is 2.71. The Morgan fingerprint density at radius 1 is 1.36 bits per heavy atom. The summed E-state index contributed by atoms with van der Waals surface area (Å²) in [7, 11) is 0. The summed E-state index contributed by atoms with van der Waals surface area (Å²) < 4.78 is 0. The van der Waals surface area contributed by atoms with Gasteiger partial charge in [-0.3, -0.25) is 9.80 Å². The molecule has 0 radical (unpaired) electrons. The Balaban J connectivity index is 2.25. The van der Waals surface area contributed by atoms with E-state index in [1.165, 1.54) is 0 Å². The molecule has 3 heteroatoms. The van der Waals surface area contributed by atoms with Crippen molar-refractivity contribution in [2.24, 2.45) is 0 Å². The maximum atomic E-state index is 8.76. The summed E-state index contributed by atoms with van der Waals surface area (Å²) in [4.78, 5) is 4.58. The lowest BCUT2D eigenvalue weighted by atomic mass is 10.2. The highest BCUT2D eigenvalue weighted by Gasteiger charge is 2.19. The van der Waals surface area contributed by atoms with E-state index in [0.717, 1.165) is 39.1 Å². The monoisotopic (exact) mass is 191 g/mol. The number of nitrogens with zero attached hydrogens (tertiary/aromatic N) is 3. The molecule has 0 aromatic rings. The molecular formula is C11H17N3. The van der Waals surface area contributed by atoms with Crippen LogP contribution in [-0.4, -0.2) is 48.6 Å². The van der Waals surface area contributed by atoms with Crippen LogP contribution in [0.4, 0.5) is 0 Å². The zero-order valence-corrected chi connectivity index (χ0v) is 8.74. The Hall–Kier alpha value is -1.03. The van der Waals surface area contributed by atoms with Crippen LogP contribution in [0.25, 0.3) is 0 Å². The molecule has 1 rings (SSSR count). The number of rotatable bonds is 3. The molecule has 1 heterocycles. The van der Waals surface area contributed by atoms with Crippen LogP contribution in [0.15, 0.2) is 0 Å². The van der Waals surface area contributed by atoms with Crippen LogP contribution in [-0.2, 0) is 0 Å². The van der Waals surface area contributed by atoms with E-state index in [0.29, 0.717) is 0 Å². The summed E-state index contributed by atoms with van der Waals surface area (Å²) in [5, 5.41) is 8.76. The van der Waals surface area contributed by atoms with Crippen molar-refractivity contribution in [3.05, 3.63) is 0 Å². The van der Waals surface area contributed by atoms with E-state index < -0.39 is 0 Å². The van der Waals surface area contributed by atoms with E-state index in [-0.39, 0.29) is 6.04 Å². The van der Waals surface area contributed by atoms with Crippen molar-refractivity contribution in [3.8, 4) is 18.4 Å². The number of piperazine rings is 1. The molecule has 1 fully saturated rings. The Bertz CT molecular complexity index is 240. The Kier molecular flexibility index (Phi) is 4.46. The quantitative estimate of drug-likeness (QED) is 0.610. The van der Waals surface area contributed by atoms with Crippen LogP contribution >= 0.6 is 0 Å². The smallest absolute Gasteiger partial charge is 0.0950 e. The average molecular weight is 191 g/mol. The second-order valence-corrected chi connectivity index (χ2v) is 3.64. The maximum absolute atomic E-state index is 8.76. The lowest BCUT2D eigenvalue weighted by Crippen LogP contribution is -2.49. The number of hydrogen-bond acceptors (Lipinski definition) is 3. The predicted octanol–water partition coefficient (Wildman–Crippen LogP) is 0.539. The van der Waals surface area contributed by atoms with Gasteiger partial charge in [0.15, 0.2) is 0 Å². The van der Waals surface area contributed by atoms with Crippen molar-refractivity contribution >= 4 is 0 Å². The lowest BCUT2D eigenvalue weighted by molar-refractivity contribution is 0.121. The predicted molar refractivity (Wildman–Crippen MR) is 56.5 cm³/mol. The fraction of sp³-hybridized carbons (Fsp3) is 0.727. The number of terminal acetylenes is 1. The molecule has 0 N–H and O–H groups in total. The first-order valence-electron chi connectivity index (χ1n) is 5.07. The highest BCUT2D eigenvalue weighted by molar-refractivity contribution is 4.91. The molecule has 1 aliphatic heterocycles. The third-order valence-corrected chi connectivity index (χ3v) is 2.71. The van der Waals surface area contributed by atoms with Gasteiger partial charge in [0.25, 0.3) is 0 Å². The van der Waals surface area contributed by atoms with Crippen molar-refractivity contribution in [1.29, 1.82) is 5.26 Å². The van der Waals surface area contributed by atoms with Gasteiger partial charge in [0, 0.05) is 39.1 Å². The third kappa shape index (κ3) is 3.03. The molecule has 1 atom stereocenters. The van der Waals surface area contributed by atoms with Gasteiger partial charge in [-0.25, -0.2) is 0 Å². The summed E-state index contributed by atoms with van der Waals surface area (Å²) in [5.41, 5.74) is 0. The van der Waals surface area contributed by atoms with Crippen LogP contribution < -0.4 is 0 Å². The Morgan fingerprint density at radius 2 is 2.00 bits per heavy atom. The SMILES string of the molecule is C#CCCN1CCN(C(C)C#N)CC1. The zero-order valence-electron chi connectivity index (χ0n) is 8.74. The number of hydrogen-bond donors (Lipinski definition) is 0. The van der Waals surface area contributed by atoms with E-state index in [9.17, 15) is 0 Å². The van der Waals surface area contributed by atoms with Crippen LogP contribution in [0.3, 0.4) is 0 Å². The van der Waals surface area contributed by atoms with Gasteiger partial charge >= 0.3 is 0 Å².